The van der Waals surface area contributed by atoms with Crippen molar-refractivity contribution < 1.29 is 28.5 Å². The van der Waals surface area contributed by atoms with Crippen LogP contribution in [0.3, 0.4) is 0 Å². The summed E-state index contributed by atoms with van der Waals surface area (Å²) in [5.41, 5.74) is 0. The molecule has 0 aromatic rings. The van der Waals surface area contributed by atoms with Crippen LogP contribution in [0.15, 0.2) is 4.40 Å². The Morgan fingerprint density at radius 2 is 2.06 bits per heavy atom. The number of hydrogen-bond acceptors (Lipinski definition) is 6. The highest BCUT2D eigenvalue weighted by atomic mass is 32.2. The van der Waals surface area contributed by atoms with Gasteiger partial charge in [0.05, 0.1) is 25.6 Å². The Balaban J connectivity index is 2.68. The predicted molar refractivity (Wildman–Crippen MR) is 55.7 cm³/mol. The molecule has 8 heteroatoms. The second-order valence-electron chi connectivity index (χ2n) is 3.69. The van der Waals surface area contributed by atoms with Crippen molar-refractivity contribution in [3.05, 3.63) is 0 Å². The van der Waals surface area contributed by atoms with E-state index in [1.165, 1.54) is 0 Å². The van der Waals surface area contributed by atoms with Crippen molar-refractivity contribution in [3.8, 4) is 0 Å². The average molecular weight is 253 g/mol. The van der Waals surface area contributed by atoms with Gasteiger partial charge >= 0.3 is 0 Å². The van der Waals surface area contributed by atoms with E-state index in [1.807, 2.05) is 0 Å². The van der Waals surface area contributed by atoms with E-state index in [-0.39, 0.29) is 6.61 Å². The van der Waals surface area contributed by atoms with Crippen LogP contribution in [0.4, 0.5) is 0 Å². The molecular weight excluding hydrogens is 238 g/mol. The van der Waals surface area contributed by atoms with Crippen molar-refractivity contribution in [2.75, 3.05) is 19.5 Å². The summed E-state index contributed by atoms with van der Waals surface area (Å²) in [5, 5.41) is 27.9. The van der Waals surface area contributed by atoms with Gasteiger partial charge in [0.2, 0.25) is 10.0 Å². The van der Waals surface area contributed by atoms with E-state index in [2.05, 4.69) is 4.40 Å². The van der Waals surface area contributed by atoms with Gasteiger partial charge in [-0.2, -0.15) is 4.40 Å². The molecule has 1 aliphatic rings. The van der Waals surface area contributed by atoms with E-state index in [4.69, 9.17) is 9.84 Å². The second kappa shape index (κ2) is 5.19. The van der Waals surface area contributed by atoms with Gasteiger partial charge in [0.1, 0.15) is 12.2 Å². The third-order valence-corrected chi connectivity index (χ3v) is 2.80. The predicted octanol–water partition coefficient (Wildman–Crippen LogP) is -2.25. The summed E-state index contributed by atoms with van der Waals surface area (Å²) in [6.45, 7) is -0.406. The second-order valence-corrected chi connectivity index (χ2v) is 5.36. The molecule has 0 radical (unpaired) electrons. The van der Waals surface area contributed by atoms with Crippen LogP contribution >= 0.6 is 0 Å². The van der Waals surface area contributed by atoms with Crippen molar-refractivity contribution in [1.82, 2.24) is 0 Å². The highest BCUT2D eigenvalue weighted by Gasteiger charge is 2.37. The van der Waals surface area contributed by atoms with Gasteiger partial charge < -0.3 is 20.1 Å². The highest BCUT2D eigenvalue weighted by Crippen LogP contribution is 2.19. The zero-order valence-corrected chi connectivity index (χ0v) is 9.54. The van der Waals surface area contributed by atoms with Gasteiger partial charge in [-0.05, 0) is 0 Å². The smallest absolute Gasteiger partial charge is 0.249 e. The van der Waals surface area contributed by atoms with Crippen molar-refractivity contribution in [3.63, 3.8) is 0 Å². The van der Waals surface area contributed by atoms with Crippen LogP contribution < -0.4 is 0 Å². The molecule has 3 N–H and O–H groups in total. The summed E-state index contributed by atoms with van der Waals surface area (Å²) in [5.74, 6) is -0.701. The number of sulfonamides is 1. The molecule has 0 aromatic heterocycles. The van der Waals surface area contributed by atoms with Gasteiger partial charge in [-0.15, -0.1) is 0 Å². The molecule has 1 unspecified atom stereocenters. The first-order chi connectivity index (χ1) is 7.35. The van der Waals surface area contributed by atoms with Gasteiger partial charge in [0.15, 0.2) is 0 Å². The first-order valence-corrected chi connectivity index (χ1v) is 6.54. The highest BCUT2D eigenvalue weighted by molar-refractivity contribution is 7.89. The summed E-state index contributed by atoms with van der Waals surface area (Å²) in [4.78, 5) is 0. The van der Waals surface area contributed by atoms with Crippen molar-refractivity contribution in [2.24, 2.45) is 10.3 Å². The van der Waals surface area contributed by atoms with Gasteiger partial charge in [0.25, 0.3) is 0 Å². The maximum Gasteiger partial charge on any atom is 0.249 e. The molecule has 0 aromatic carbocycles. The van der Waals surface area contributed by atoms with E-state index in [1.54, 1.807) is 0 Å². The lowest BCUT2D eigenvalue weighted by Crippen LogP contribution is -2.51. The number of aliphatic hydroxyl groups is 3. The minimum atomic E-state index is -3.51. The molecule has 94 valence electrons. The summed E-state index contributed by atoms with van der Waals surface area (Å²) in [6.07, 6.45) is -1.34. The van der Waals surface area contributed by atoms with E-state index in [0.29, 0.717) is 0 Å². The van der Waals surface area contributed by atoms with E-state index in [9.17, 15) is 18.6 Å². The Kier molecular flexibility index (Phi) is 4.39. The van der Waals surface area contributed by atoms with Crippen LogP contribution in [0, 0.1) is 5.92 Å². The third-order valence-electron chi connectivity index (χ3n) is 2.30. The quantitative estimate of drug-likeness (QED) is 0.489. The van der Waals surface area contributed by atoms with Crippen LogP contribution in [-0.2, 0) is 14.8 Å². The molecule has 0 spiro atoms. The Bertz CT molecular complexity index is 354. The average Bonchev–Trinajstić information content (AvgIpc) is 2.19. The maximum atomic E-state index is 10.8. The molecular formula is C8H15NO6S. The number of aliphatic hydroxyl groups excluding tert-OH is 3. The molecule has 0 saturated carbocycles. The molecule has 0 amide bonds. The maximum absolute atomic E-state index is 10.8. The van der Waals surface area contributed by atoms with Crippen LogP contribution in [0.25, 0.3) is 0 Å². The molecule has 1 heterocycles. The lowest BCUT2D eigenvalue weighted by Gasteiger charge is -2.35. The largest absolute Gasteiger partial charge is 0.394 e. The number of nitrogens with zero attached hydrogens (tertiary/aromatic N) is 1. The van der Waals surface area contributed by atoms with Crippen LogP contribution in [0.2, 0.25) is 0 Å². The number of ether oxygens (including phenoxy) is 1. The van der Waals surface area contributed by atoms with Crippen LogP contribution in [0.1, 0.15) is 0 Å². The fourth-order valence-electron chi connectivity index (χ4n) is 1.39. The molecule has 0 aliphatic carbocycles. The number of hydrogen-bond donors (Lipinski definition) is 3. The minimum Gasteiger partial charge on any atom is -0.394 e. The van der Waals surface area contributed by atoms with Crippen LogP contribution in [0.5, 0.6) is 0 Å². The lowest BCUT2D eigenvalue weighted by atomic mass is 9.93. The van der Waals surface area contributed by atoms with Gasteiger partial charge in [-0.1, -0.05) is 0 Å². The Labute approximate surface area is 93.4 Å². The summed E-state index contributed by atoms with van der Waals surface area (Å²) < 4.78 is 29.8. The summed E-state index contributed by atoms with van der Waals surface area (Å²) in [7, 11) is -3.51. The van der Waals surface area contributed by atoms with E-state index >= 15 is 0 Å². The van der Waals surface area contributed by atoms with Crippen LogP contribution in [-0.4, -0.2) is 67.7 Å². The van der Waals surface area contributed by atoms with Gasteiger partial charge in [-0.3, -0.25) is 0 Å². The topological polar surface area (TPSA) is 116 Å². The standard InChI is InChI=1S/C8H15NO6S/c1-16(13,14)9-2-5-4-15-6(3-10)8(12)7(5)11/h2,5-8,10-12H,3-4H2,1H3/b9-2+/t5?,6-,7-,8+/m1/s1. The molecule has 1 rings (SSSR count). The Morgan fingerprint density at radius 3 is 2.56 bits per heavy atom. The molecule has 7 nitrogen and oxygen atoms in total. The zero-order valence-electron chi connectivity index (χ0n) is 8.72. The fourth-order valence-corrected chi connectivity index (χ4v) is 1.76. The Hall–Kier alpha value is -0.540. The molecule has 0 bridgehead atoms. The third kappa shape index (κ3) is 3.49. The monoisotopic (exact) mass is 253 g/mol. The van der Waals surface area contributed by atoms with E-state index in [0.717, 1.165) is 12.5 Å². The molecule has 1 saturated heterocycles. The van der Waals surface area contributed by atoms with Gasteiger partial charge in [0, 0.05) is 12.1 Å². The fraction of sp³-hybridized carbons (Fsp3) is 0.875. The lowest BCUT2D eigenvalue weighted by molar-refractivity contribution is -0.160. The number of rotatable bonds is 3. The minimum absolute atomic E-state index is 0.00245. The van der Waals surface area contributed by atoms with E-state index < -0.39 is 40.9 Å². The first kappa shape index (κ1) is 13.5. The summed E-state index contributed by atoms with van der Waals surface area (Å²) >= 11 is 0. The summed E-state index contributed by atoms with van der Waals surface area (Å²) in [6, 6.07) is 0. The molecule has 1 fully saturated rings. The Morgan fingerprint density at radius 1 is 1.44 bits per heavy atom. The first-order valence-electron chi connectivity index (χ1n) is 4.69. The molecule has 4 atom stereocenters. The molecule has 1 aliphatic heterocycles. The van der Waals surface area contributed by atoms with Crippen molar-refractivity contribution >= 4 is 16.2 Å². The zero-order chi connectivity index (χ0) is 12.3. The van der Waals surface area contributed by atoms with Crippen molar-refractivity contribution in [2.45, 2.75) is 18.3 Å². The van der Waals surface area contributed by atoms with Gasteiger partial charge in [-0.25, -0.2) is 8.42 Å². The van der Waals surface area contributed by atoms with Crippen molar-refractivity contribution in [1.29, 1.82) is 0 Å². The molecule has 16 heavy (non-hydrogen) atoms. The SMILES string of the molecule is CS(=O)(=O)/N=C/C1CO[C@H](CO)[C@H](O)[C@@H]1O. The normalized spacial score (nSPS) is 36.8.